The van der Waals surface area contributed by atoms with Gasteiger partial charge in [-0.3, -0.25) is 0 Å². The Morgan fingerprint density at radius 2 is 0.742 bits per heavy atom. The van der Waals surface area contributed by atoms with E-state index in [-0.39, 0.29) is 17.4 Å². The van der Waals surface area contributed by atoms with Crippen LogP contribution in [0, 0.1) is 0 Å². The smallest absolute Gasteiger partial charge is 0.545 e. The SMILES string of the molecule is O=C([O-])C1=CCCCCC1.O=C([O-])C1=CCCCCC1.O=C([O-])C1=CCCCCC1.[Al+3]. The predicted octanol–water partition coefficient (Wildman–Crippen LogP) is 1.50. The van der Waals surface area contributed by atoms with E-state index in [1.807, 2.05) is 0 Å². The molecule has 0 spiro atoms. The van der Waals surface area contributed by atoms with Crippen molar-refractivity contribution >= 4 is 35.3 Å². The van der Waals surface area contributed by atoms with Gasteiger partial charge in [-0.05, 0) is 93.8 Å². The Balaban J connectivity index is 0.000000429. The van der Waals surface area contributed by atoms with E-state index < -0.39 is 17.9 Å². The third kappa shape index (κ3) is 14.0. The molecule has 0 aromatic rings. The largest absolute Gasteiger partial charge is 3.00 e. The first-order valence-electron chi connectivity index (χ1n) is 11.1. The topological polar surface area (TPSA) is 120 Å². The zero-order valence-electron chi connectivity index (χ0n) is 18.4. The third-order valence-corrected chi connectivity index (χ3v) is 5.41. The molecule has 0 aromatic carbocycles. The molecule has 0 aliphatic heterocycles. The van der Waals surface area contributed by atoms with Crippen LogP contribution in [0.15, 0.2) is 34.9 Å². The molecule has 6 nitrogen and oxygen atoms in total. The number of allylic oxidation sites excluding steroid dienone is 3. The number of carbonyl (C=O) groups excluding carboxylic acids is 3. The average molecular weight is 445 g/mol. The van der Waals surface area contributed by atoms with Gasteiger partial charge in [0.1, 0.15) is 0 Å². The standard InChI is InChI=1S/3C8H12O2.Al/c3*9-8(10)7-5-3-1-2-4-6-7;/h3*5H,1-4,6H2,(H,9,10);/q;;;+3/p-3. The van der Waals surface area contributed by atoms with E-state index in [0.717, 1.165) is 77.0 Å². The number of hydrogen-bond donors (Lipinski definition) is 0. The molecule has 3 aliphatic rings. The number of hydrogen-bond acceptors (Lipinski definition) is 6. The molecule has 0 saturated carbocycles. The molecular formula is C24H33AlO6. The van der Waals surface area contributed by atoms with Gasteiger partial charge in [0.15, 0.2) is 0 Å². The van der Waals surface area contributed by atoms with Crippen molar-refractivity contribution in [3.63, 3.8) is 0 Å². The Morgan fingerprint density at radius 3 is 0.968 bits per heavy atom. The minimum atomic E-state index is -0.984. The van der Waals surface area contributed by atoms with Crippen molar-refractivity contribution in [1.29, 1.82) is 0 Å². The van der Waals surface area contributed by atoms with Gasteiger partial charge in [0.05, 0.1) is 17.9 Å². The molecular weight excluding hydrogens is 411 g/mol. The molecule has 0 radical (unpaired) electrons. The summed E-state index contributed by atoms with van der Waals surface area (Å²) in [5.74, 6) is -2.95. The molecule has 3 rings (SSSR count). The molecule has 0 unspecified atom stereocenters. The summed E-state index contributed by atoms with van der Waals surface area (Å²) < 4.78 is 0. The molecule has 0 aromatic heterocycles. The fraction of sp³-hybridized carbons (Fsp3) is 0.625. The summed E-state index contributed by atoms with van der Waals surface area (Å²) in [6.07, 6.45) is 20.0. The molecule has 0 fully saturated rings. The number of aliphatic carboxylic acids is 3. The van der Waals surface area contributed by atoms with Gasteiger partial charge < -0.3 is 29.7 Å². The van der Waals surface area contributed by atoms with Crippen LogP contribution in [0.3, 0.4) is 0 Å². The van der Waals surface area contributed by atoms with Crippen LogP contribution in [0.25, 0.3) is 0 Å². The van der Waals surface area contributed by atoms with E-state index in [9.17, 15) is 29.7 Å². The maximum atomic E-state index is 10.3. The maximum absolute atomic E-state index is 10.3. The van der Waals surface area contributed by atoms with E-state index in [4.69, 9.17) is 0 Å². The second kappa shape index (κ2) is 17.8. The molecule has 0 bridgehead atoms. The third-order valence-electron chi connectivity index (χ3n) is 5.41. The summed E-state index contributed by atoms with van der Waals surface area (Å²) >= 11 is 0. The normalized spacial score (nSPS) is 18.8. The minimum Gasteiger partial charge on any atom is -0.545 e. The summed E-state index contributed by atoms with van der Waals surface area (Å²) in [4.78, 5) is 31.0. The molecule has 0 saturated heterocycles. The van der Waals surface area contributed by atoms with Crippen LogP contribution in [0.5, 0.6) is 0 Å². The second-order valence-corrected chi connectivity index (χ2v) is 7.85. The molecule has 7 heteroatoms. The molecule has 3 aliphatic carbocycles. The van der Waals surface area contributed by atoms with Crippen LogP contribution in [-0.2, 0) is 14.4 Å². The van der Waals surface area contributed by atoms with Gasteiger partial charge in [0.2, 0.25) is 0 Å². The first-order chi connectivity index (χ1) is 14.4. The molecule has 0 atom stereocenters. The van der Waals surface area contributed by atoms with Gasteiger partial charge in [0, 0.05) is 0 Å². The summed E-state index contributed by atoms with van der Waals surface area (Å²) in [5, 5.41) is 31.0. The Labute approximate surface area is 196 Å². The van der Waals surface area contributed by atoms with E-state index in [1.54, 1.807) is 18.2 Å². The van der Waals surface area contributed by atoms with Crippen LogP contribution in [0.1, 0.15) is 96.3 Å². The maximum Gasteiger partial charge on any atom is 3.00 e. The van der Waals surface area contributed by atoms with Crippen LogP contribution < -0.4 is 15.3 Å². The summed E-state index contributed by atoms with van der Waals surface area (Å²) in [6.45, 7) is 0. The number of carbonyl (C=O) groups is 3. The Kier molecular flexibility index (Phi) is 16.7. The summed E-state index contributed by atoms with van der Waals surface area (Å²) in [6, 6.07) is 0. The zero-order valence-corrected chi connectivity index (χ0v) is 19.5. The number of rotatable bonds is 3. The Bertz CT molecular complexity index is 573. The van der Waals surface area contributed by atoms with Crippen molar-refractivity contribution in [3.8, 4) is 0 Å². The van der Waals surface area contributed by atoms with E-state index in [1.165, 1.54) is 0 Å². The Hall–Kier alpha value is -1.84. The molecule has 0 heterocycles. The van der Waals surface area contributed by atoms with Crippen molar-refractivity contribution in [2.24, 2.45) is 0 Å². The zero-order chi connectivity index (χ0) is 22.2. The van der Waals surface area contributed by atoms with E-state index in [0.29, 0.717) is 36.0 Å². The van der Waals surface area contributed by atoms with Crippen molar-refractivity contribution < 1.29 is 29.7 Å². The van der Waals surface area contributed by atoms with Gasteiger partial charge in [-0.15, -0.1) is 0 Å². The quantitative estimate of drug-likeness (QED) is 0.608. The molecule has 0 amide bonds. The first-order valence-corrected chi connectivity index (χ1v) is 11.1. The fourth-order valence-electron chi connectivity index (χ4n) is 3.60. The van der Waals surface area contributed by atoms with Crippen LogP contribution in [0.4, 0.5) is 0 Å². The fourth-order valence-corrected chi connectivity index (χ4v) is 3.60. The Morgan fingerprint density at radius 1 is 0.484 bits per heavy atom. The van der Waals surface area contributed by atoms with Gasteiger partial charge in [-0.2, -0.15) is 0 Å². The summed E-state index contributed by atoms with van der Waals surface area (Å²) in [5.41, 5.74) is 1.49. The molecule has 168 valence electrons. The monoisotopic (exact) mass is 444 g/mol. The van der Waals surface area contributed by atoms with E-state index >= 15 is 0 Å². The van der Waals surface area contributed by atoms with Crippen LogP contribution in [-0.4, -0.2) is 35.3 Å². The van der Waals surface area contributed by atoms with Gasteiger partial charge >= 0.3 is 17.4 Å². The van der Waals surface area contributed by atoms with Gasteiger partial charge in [-0.1, -0.05) is 37.5 Å². The van der Waals surface area contributed by atoms with Gasteiger partial charge in [0.25, 0.3) is 0 Å². The minimum absolute atomic E-state index is 0. The summed E-state index contributed by atoms with van der Waals surface area (Å²) in [7, 11) is 0. The van der Waals surface area contributed by atoms with Gasteiger partial charge in [-0.25, -0.2) is 0 Å². The average Bonchev–Trinajstić information content (AvgIpc) is 3.25. The molecule has 31 heavy (non-hydrogen) atoms. The van der Waals surface area contributed by atoms with Crippen molar-refractivity contribution in [1.82, 2.24) is 0 Å². The first kappa shape index (κ1) is 29.2. The van der Waals surface area contributed by atoms with Crippen LogP contribution in [0.2, 0.25) is 0 Å². The van der Waals surface area contributed by atoms with Crippen molar-refractivity contribution in [2.45, 2.75) is 96.3 Å². The van der Waals surface area contributed by atoms with Crippen molar-refractivity contribution in [3.05, 3.63) is 34.9 Å². The predicted molar refractivity (Wildman–Crippen MR) is 114 cm³/mol. The van der Waals surface area contributed by atoms with Crippen molar-refractivity contribution in [2.75, 3.05) is 0 Å². The van der Waals surface area contributed by atoms with E-state index in [2.05, 4.69) is 0 Å². The number of carboxylic acids is 3. The molecule has 0 N–H and O–H groups in total. The van der Waals surface area contributed by atoms with Crippen LogP contribution >= 0.6 is 0 Å². The number of carboxylic acid groups (broad SMARTS) is 3. The second-order valence-electron chi connectivity index (χ2n) is 7.85.